The molecule has 0 aromatic carbocycles. The monoisotopic (exact) mass is 241 g/mol. The maximum Gasteiger partial charge on any atom is 0.0556 e. The van der Waals surface area contributed by atoms with Gasteiger partial charge in [0.1, 0.15) is 0 Å². The normalized spacial score (nSPS) is 36.7. The molecular formula is C14H27NO2. The fraction of sp³-hybridized carbons (Fsp3) is 1.00. The lowest BCUT2D eigenvalue weighted by atomic mass is 9.82. The molecule has 2 fully saturated rings. The van der Waals surface area contributed by atoms with Gasteiger partial charge in [-0.3, -0.25) is 0 Å². The predicted octanol–water partition coefficient (Wildman–Crippen LogP) is 1.90. The highest BCUT2D eigenvalue weighted by Gasteiger charge is 2.34. The molecule has 3 heteroatoms. The van der Waals surface area contributed by atoms with E-state index in [0.29, 0.717) is 0 Å². The second-order valence-electron chi connectivity index (χ2n) is 6.13. The van der Waals surface area contributed by atoms with Gasteiger partial charge in [-0.05, 0) is 51.1 Å². The molecule has 17 heavy (non-hydrogen) atoms. The van der Waals surface area contributed by atoms with Crippen LogP contribution in [0, 0.1) is 11.3 Å². The Kier molecular flexibility index (Phi) is 4.83. The summed E-state index contributed by atoms with van der Waals surface area (Å²) in [6.07, 6.45) is 6.20. The van der Waals surface area contributed by atoms with E-state index in [4.69, 9.17) is 4.74 Å². The highest BCUT2D eigenvalue weighted by molar-refractivity contribution is 4.85. The summed E-state index contributed by atoms with van der Waals surface area (Å²) in [5, 5.41) is 9.69. The van der Waals surface area contributed by atoms with Gasteiger partial charge in [-0.25, -0.2) is 0 Å². The van der Waals surface area contributed by atoms with Gasteiger partial charge in [-0.2, -0.15) is 0 Å². The molecule has 2 rings (SSSR count). The molecule has 0 amide bonds. The lowest BCUT2D eigenvalue weighted by Gasteiger charge is -2.39. The number of aliphatic hydroxyl groups is 1. The number of hydrogen-bond donors (Lipinski definition) is 1. The topological polar surface area (TPSA) is 32.7 Å². The highest BCUT2D eigenvalue weighted by Crippen LogP contribution is 2.30. The molecule has 2 aliphatic heterocycles. The molecule has 2 heterocycles. The number of nitrogens with zero attached hydrogens (tertiary/aromatic N) is 1. The summed E-state index contributed by atoms with van der Waals surface area (Å²) in [6, 6.07) is 0. The number of likely N-dealkylation sites (tertiary alicyclic amines) is 1. The molecule has 0 aliphatic carbocycles. The predicted molar refractivity (Wildman–Crippen MR) is 69.0 cm³/mol. The van der Waals surface area contributed by atoms with Crippen molar-refractivity contribution in [2.75, 3.05) is 39.5 Å². The number of hydrogen-bond acceptors (Lipinski definition) is 3. The van der Waals surface area contributed by atoms with Gasteiger partial charge in [0.05, 0.1) is 13.2 Å². The molecule has 2 saturated heterocycles. The molecule has 0 bridgehead atoms. The Bertz CT molecular complexity index is 226. The molecule has 100 valence electrons. The summed E-state index contributed by atoms with van der Waals surface area (Å²) in [5.74, 6) is 0.868. The Morgan fingerprint density at radius 1 is 1.29 bits per heavy atom. The van der Waals surface area contributed by atoms with Crippen LogP contribution in [0.25, 0.3) is 0 Å². The van der Waals surface area contributed by atoms with Crippen molar-refractivity contribution in [3.8, 4) is 0 Å². The van der Waals surface area contributed by atoms with Crippen molar-refractivity contribution in [1.29, 1.82) is 0 Å². The van der Waals surface area contributed by atoms with Gasteiger partial charge in [0.2, 0.25) is 0 Å². The first-order valence-corrected chi connectivity index (χ1v) is 7.15. The lowest BCUT2D eigenvalue weighted by Crippen LogP contribution is -2.45. The van der Waals surface area contributed by atoms with Crippen molar-refractivity contribution in [3.63, 3.8) is 0 Å². The summed E-state index contributed by atoms with van der Waals surface area (Å²) in [6.45, 7) is 7.67. The molecule has 0 radical (unpaired) electrons. The molecule has 2 atom stereocenters. The van der Waals surface area contributed by atoms with Crippen LogP contribution in [0.3, 0.4) is 0 Å². The van der Waals surface area contributed by atoms with Crippen LogP contribution in [-0.2, 0) is 4.74 Å². The van der Waals surface area contributed by atoms with Crippen molar-refractivity contribution >= 4 is 0 Å². The van der Waals surface area contributed by atoms with Gasteiger partial charge in [0, 0.05) is 18.6 Å². The molecule has 0 aromatic rings. The molecule has 0 spiro atoms. The molecule has 0 saturated carbocycles. The first-order chi connectivity index (χ1) is 8.24. The van der Waals surface area contributed by atoms with Crippen LogP contribution >= 0.6 is 0 Å². The summed E-state index contributed by atoms with van der Waals surface area (Å²) in [5.41, 5.74) is 0.0197. The lowest BCUT2D eigenvalue weighted by molar-refractivity contribution is -0.0550. The van der Waals surface area contributed by atoms with Crippen LogP contribution in [0.1, 0.15) is 39.0 Å². The van der Waals surface area contributed by atoms with E-state index in [1.54, 1.807) is 0 Å². The zero-order valence-corrected chi connectivity index (χ0v) is 11.2. The molecule has 3 nitrogen and oxygen atoms in total. The van der Waals surface area contributed by atoms with Crippen LogP contribution in [0.2, 0.25) is 0 Å². The molecule has 2 aliphatic rings. The Hall–Kier alpha value is -0.120. The van der Waals surface area contributed by atoms with Gasteiger partial charge in [-0.15, -0.1) is 0 Å². The van der Waals surface area contributed by atoms with Gasteiger partial charge in [0.15, 0.2) is 0 Å². The molecule has 2 unspecified atom stereocenters. The highest BCUT2D eigenvalue weighted by atomic mass is 16.5. The van der Waals surface area contributed by atoms with Gasteiger partial charge in [0.25, 0.3) is 0 Å². The van der Waals surface area contributed by atoms with Crippen molar-refractivity contribution in [2.45, 2.75) is 39.0 Å². The van der Waals surface area contributed by atoms with Gasteiger partial charge < -0.3 is 14.7 Å². The Balaban J connectivity index is 1.88. The minimum Gasteiger partial charge on any atom is -0.396 e. The summed E-state index contributed by atoms with van der Waals surface area (Å²) in [4.78, 5) is 2.55. The Labute approximate surface area is 105 Å². The average Bonchev–Trinajstić information content (AvgIpc) is 2.56. The van der Waals surface area contributed by atoms with E-state index in [9.17, 15) is 5.11 Å². The third-order valence-corrected chi connectivity index (χ3v) is 4.41. The number of rotatable bonds is 3. The Morgan fingerprint density at radius 2 is 2.18 bits per heavy atom. The summed E-state index contributed by atoms with van der Waals surface area (Å²) in [7, 11) is 0. The van der Waals surface area contributed by atoms with E-state index in [1.165, 1.54) is 32.4 Å². The van der Waals surface area contributed by atoms with Crippen molar-refractivity contribution in [3.05, 3.63) is 0 Å². The van der Waals surface area contributed by atoms with E-state index in [1.807, 2.05) is 0 Å². The first-order valence-electron chi connectivity index (χ1n) is 7.15. The van der Waals surface area contributed by atoms with E-state index in [0.717, 1.165) is 38.5 Å². The maximum atomic E-state index is 9.69. The molecular weight excluding hydrogens is 214 g/mol. The Morgan fingerprint density at radius 3 is 2.88 bits per heavy atom. The minimum atomic E-state index is 0.0197. The third kappa shape index (κ3) is 3.67. The van der Waals surface area contributed by atoms with Crippen LogP contribution in [0.4, 0.5) is 0 Å². The second-order valence-corrected chi connectivity index (χ2v) is 6.13. The fourth-order valence-electron chi connectivity index (χ4n) is 3.16. The van der Waals surface area contributed by atoms with Gasteiger partial charge in [-0.1, -0.05) is 6.92 Å². The van der Waals surface area contributed by atoms with Crippen LogP contribution in [0.15, 0.2) is 0 Å². The van der Waals surface area contributed by atoms with E-state index < -0.39 is 0 Å². The first kappa shape index (κ1) is 13.3. The molecule has 1 N–H and O–H groups in total. The zero-order chi connectivity index (χ0) is 12.1. The average molecular weight is 241 g/mol. The van der Waals surface area contributed by atoms with Crippen molar-refractivity contribution < 1.29 is 9.84 Å². The summed E-state index contributed by atoms with van der Waals surface area (Å²) >= 11 is 0. The molecule has 0 aromatic heterocycles. The number of aliphatic hydroxyl groups excluding tert-OH is 1. The zero-order valence-electron chi connectivity index (χ0n) is 11.2. The fourth-order valence-corrected chi connectivity index (χ4v) is 3.16. The quantitative estimate of drug-likeness (QED) is 0.819. The van der Waals surface area contributed by atoms with E-state index in [2.05, 4.69) is 11.8 Å². The van der Waals surface area contributed by atoms with Gasteiger partial charge >= 0.3 is 0 Å². The van der Waals surface area contributed by atoms with Crippen molar-refractivity contribution in [1.82, 2.24) is 4.90 Å². The minimum absolute atomic E-state index is 0.0197. The standard InChI is InChI=1S/C14H27NO2/c1-13-4-2-7-15(8-5-13)10-14(11-16)6-3-9-17-12-14/h13,16H,2-12H2,1H3. The third-order valence-electron chi connectivity index (χ3n) is 4.41. The largest absolute Gasteiger partial charge is 0.396 e. The summed E-state index contributed by atoms with van der Waals surface area (Å²) < 4.78 is 5.58. The SMILES string of the molecule is CC1CCCN(CC2(CO)CCCOC2)CC1. The van der Waals surface area contributed by atoms with Crippen molar-refractivity contribution in [2.24, 2.45) is 11.3 Å². The van der Waals surface area contributed by atoms with E-state index in [-0.39, 0.29) is 12.0 Å². The number of ether oxygens (including phenoxy) is 1. The maximum absolute atomic E-state index is 9.69. The second kappa shape index (κ2) is 6.17. The van der Waals surface area contributed by atoms with E-state index >= 15 is 0 Å². The van der Waals surface area contributed by atoms with Crippen LogP contribution in [0.5, 0.6) is 0 Å². The smallest absolute Gasteiger partial charge is 0.0556 e. The van der Waals surface area contributed by atoms with Crippen LogP contribution in [-0.4, -0.2) is 49.5 Å². The van der Waals surface area contributed by atoms with Crippen LogP contribution < -0.4 is 0 Å².